The van der Waals surface area contributed by atoms with Crippen LogP contribution in [0.1, 0.15) is 52.8 Å². The molecule has 0 aliphatic rings. The molecule has 0 aliphatic heterocycles. The topological polar surface area (TPSA) is 89.4 Å². The van der Waals surface area contributed by atoms with Gasteiger partial charge < -0.3 is 4.74 Å². The number of nitrogens with zero attached hydrogens (tertiary/aromatic N) is 4. The predicted octanol–water partition coefficient (Wildman–Crippen LogP) is 4.08. The minimum atomic E-state index is -3.21. The van der Waals surface area contributed by atoms with E-state index in [2.05, 4.69) is 48.8 Å². The summed E-state index contributed by atoms with van der Waals surface area (Å²) >= 11 is 0. The van der Waals surface area contributed by atoms with E-state index < -0.39 is 10.2 Å². The lowest BCUT2D eigenvalue weighted by atomic mass is 10.1. The highest BCUT2D eigenvalue weighted by Crippen LogP contribution is 2.24. The van der Waals surface area contributed by atoms with E-state index >= 15 is 0 Å². The van der Waals surface area contributed by atoms with Crippen molar-refractivity contribution in [1.29, 1.82) is 0 Å². The summed E-state index contributed by atoms with van der Waals surface area (Å²) in [5, 5.41) is 9.21. The Morgan fingerprint density at radius 3 is 2.00 bits per heavy atom. The average molecular weight is 454 g/mol. The lowest BCUT2D eigenvalue weighted by Gasteiger charge is -2.14. The van der Waals surface area contributed by atoms with E-state index in [9.17, 15) is 8.42 Å². The Balaban J connectivity index is 0.000000639. The predicted molar refractivity (Wildman–Crippen MR) is 129 cm³/mol. The SMILES string of the molecule is C=C.CC(C)NS(=O)(=O)N(C)C.CCCc1nn(C(C)C)nc1-c1ccc(OC)cc1. The van der Waals surface area contributed by atoms with Gasteiger partial charge in [-0.1, -0.05) is 13.3 Å². The zero-order chi connectivity index (χ0) is 24.2. The summed E-state index contributed by atoms with van der Waals surface area (Å²) < 4.78 is 30.7. The molecule has 0 unspecified atom stereocenters. The van der Waals surface area contributed by atoms with Gasteiger partial charge in [-0.3, -0.25) is 0 Å². The number of ether oxygens (including phenoxy) is 1. The molecule has 1 aromatic heterocycles. The normalized spacial score (nSPS) is 11.1. The average Bonchev–Trinajstić information content (AvgIpc) is 3.14. The first kappa shape index (κ1) is 28.8. The number of hydrogen-bond acceptors (Lipinski definition) is 5. The molecular weight excluding hydrogens is 414 g/mol. The van der Waals surface area contributed by atoms with Gasteiger partial charge in [0, 0.05) is 25.7 Å². The number of hydrogen-bond donors (Lipinski definition) is 1. The van der Waals surface area contributed by atoms with Gasteiger partial charge in [-0.25, -0.2) is 0 Å². The molecular formula is C22H39N5O3S. The standard InChI is InChI=1S/C15H21N3O.C5H14N2O2S.C2H4/c1-5-6-14-15(17-18(16-14)11(2)3)12-7-9-13(19-4)10-8-12;1-5(2)6-10(8,9)7(3)4;1-2/h7-11H,5-6H2,1-4H3;5-6H,1-4H3;1-2H2. The fourth-order valence-corrected chi connectivity index (χ4v) is 3.17. The molecule has 0 saturated heterocycles. The first-order valence-electron chi connectivity index (χ1n) is 10.3. The molecule has 1 N–H and O–H groups in total. The molecule has 176 valence electrons. The third-order valence-electron chi connectivity index (χ3n) is 3.88. The number of aromatic nitrogens is 3. The van der Waals surface area contributed by atoms with E-state index in [0.717, 1.165) is 39.8 Å². The summed E-state index contributed by atoms with van der Waals surface area (Å²) in [6.07, 6.45) is 2.02. The van der Waals surface area contributed by atoms with Crippen LogP contribution in [0.2, 0.25) is 0 Å². The van der Waals surface area contributed by atoms with Gasteiger partial charge in [0.1, 0.15) is 11.4 Å². The second-order valence-electron chi connectivity index (χ2n) is 7.45. The summed E-state index contributed by atoms with van der Waals surface area (Å²) in [5.74, 6) is 0.858. The molecule has 0 saturated carbocycles. The summed E-state index contributed by atoms with van der Waals surface area (Å²) in [5.41, 5.74) is 3.15. The van der Waals surface area contributed by atoms with Gasteiger partial charge >= 0.3 is 0 Å². The lowest BCUT2D eigenvalue weighted by Crippen LogP contribution is -2.39. The Morgan fingerprint density at radius 1 is 1.10 bits per heavy atom. The zero-order valence-electron chi connectivity index (χ0n) is 20.2. The van der Waals surface area contributed by atoms with Crippen LogP contribution in [0.25, 0.3) is 11.3 Å². The maximum absolute atomic E-state index is 11.0. The fraction of sp³-hybridized carbons (Fsp3) is 0.545. The Kier molecular flexibility index (Phi) is 12.9. The van der Waals surface area contributed by atoms with E-state index in [1.54, 1.807) is 25.8 Å². The molecule has 0 fully saturated rings. The van der Waals surface area contributed by atoms with Gasteiger partial charge in [-0.05, 0) is 58.4 Å². The second kappa shape index (κ2) is 14.0. The van der Waals surface area contributed by atoms with Crippen LogP contribution in [0.4, 0.5) is 0 Å². The Bertz CT molecular complexity index is 860. The summed E-state index contributed by atoms with van der Waals surface area (Å²) in [7, 11) is 1.44. The zero-order valence-corrected chi connectivity index (χ0v) is 21.0. The van der Waals surface area contributed by atoms with Crippen LogP contribution in [0.5, 0.6) is 5.75 Å². The smallest absolute Gasteiger partial charge is 0.279 e. The van der Waals surface area contributed by atoms with Gasteiger partial charge in [0.15, 0.2) is 0 Å². The van der Waals surface area contributed by atoms with E-state index in [1.165, 1.54) is 14.1 Å². The highest BCUT2D eigenvalue weighted by molar-refractivity contribution is 7.87. The van der Waals surface area contributed by atoms with Crippen molar-refractivity contribution in [2.45, 2.75) is 59.5 Å². The van der Waals surface area contributed by atoms with Crippen molar-refractivity contribution in [2.24, 2.45) is 0 Å². The molecule has 0 amide bonds. The van der Waals surface area contributed by atoms with Crippen LogP contribution in [0, 0.1) is 0 Å². The van der Waals surface area contributed by atoms with Gasteiger partial charge in [0.05, 0.1) is 18.8 Å². The Morgan fingerprint density at radius 2 is 1.65 bits per heavy atom. The molecule has 0 spiro atoms. The van der Waals surface area contributed by atoms with E-state index in [-0.39, 0.29) is 12.1 Å². The number of benzene rings is 1. The van der Waals surface area contributed by atoms with Crippen molar-refractivity contribution in [2.75, 3.05) is 21.2 Å². The highest BCUT2D eigenvalue weighted by atomic mass is 32.2. The van der Waals surface area contributed by atoms with Gasteiger partial charge in [0.25, 0.3) is 10.2 Å². The Labute approximate surface area is 188 Å². The number of nitrogens with one attached hydrogen (secondary N) is 1. The van der Waals surface area contributed by atoms with Crippen LogP contribution >= 0.6 is 0 Å². The molecule has 8 nitrogen and oxygen atoms in total. The minimum absolute atomic E-state index is 0.0487. The monoisotopic (exact) mass is 453 g/mol. The number of rotatable bonds is 8. The van der Waals surface area contributed by atoms with Crippen LogP contribution in [0.15, 0.2) is 37.4 Å². The fourth-order valence-electron chi connectivity index (χ4n) is 2.37. The maximum atomic E-state index is 11.0. The van der Waals surface area contributed by atoms with Crippen molar-refractivity contribution >= 4 is 10.2 Å². The van der Waals surface area contributed by atoms with Crippen molar-refractivity contribution < 1.29 is 13.2 Å². The van der Waals surface area contributed by atoms with Crippen LogP contribution in [0.3, 0.4) is 0 Å². The van der Waals surface area contributed by atoms with Gasteiger partial charge in [-0.15, -0.1) is 13.2 Å². The summed E-state index contributed by atoms with van der Waals surface area (Å²) in [4.78, 5) is 1.80. The summed E-state index contributed by atoms with van der Waals surface area (Å²) in [6.45, 7) is 15.9. The van der Waals surface area contributed by atoms with Crippen molar-refractivity contribution in [3.63, 3.8) is 0 Å². The minimum Gasteiger partial charge on any atom is -0.497 e. The highest BCUT2D eigenvalue weighted by Gasteiger charge is 2.14. The number of aryl methyl sites for hydroxylation is 1. The van der Waals surface area contributed by atoms with Crippen LogP contribution < -0.4 is 9.46 Å². The van der Waals surface area contributed by atoms with E-state index in [1.807, 2.05) is 24.3 Å². The molecule has 0 aliphatic carbocycles. The molecule has 9 heteroatoms. The third-order valence-corrected chi connectivity index (χ3v) is 5.61. The molecule has 31 heavy (non-hydrogen) atoms. The molecule has 1 aromatic carbocycles. The quantitative estimate of drug-likeness (QED) is 0.608. The summed E-state index contributed by atoms with van der Waals surface area (Å²) in [6, 6.07) is 8.22. The Hall–Kier alpha value is -2.23. The van der Waals surface area contributed by atoms with Crippen molar-refractivity contribution in [3.05, 3.63) is 43.1 Å². The molecule has 0 bridgehead atoms. The van der Waals surface area contributed by atoms with Gasteiger partial charge in [-0.2, -0.15) is 32.4 Å². The molecule has 2 aromatic rings. The van der Waals surface area contributed by atoms with E-state index in [4.69, 9.17) is 4.74 Å². The maximum Gasteiger partial charge on any atom is 0.279 e. The first-order chi connectivity index (χ1) is 14.5. The number of methoxy groups -OCH3 is 1. The van der Waals surface area contributed by atoms with Crippen LogP contribution in [-0.4, -0.2) is 55.0 Å². The van der Waals surface area contributed by atoms with Crippen molar-refractivity contribution in [3.8, 4) is 17.0 Å². The van der Waals surface area contributed by atoms with Crippen molar-refractivity contribution in [1.82, 2.24) is 24.0 Å². The molecule has 0 radical (unpaired) electrons. The second-order valence-corrected chi connectivity index (χ2v) is 9.36. The first-order valence-corrected chi connectivity index (χ1v) is 11.8. The molecule has 1 heterocycles. The molecule has 0 atom stereocenters. The molecule has 2 rings (SSSR count). The largest absolute Gasteiger partial charge is 0.497 e. The van der Waals surface area contributed by atoms with E-state index in [0.29, 0.717) is 0 Å². The third kappa shape index (κ3) is 9.63. The van der Waals surface area contributed by atoms with Gasteiger partial charge in [0.2, 0.25) is 0 Å². The van der Waals surface area contributed by atoms with Crippen LogP contribution in [-0.2, 0) is 16.6 Å². The lowest BCUT2D eigenvalue weighted by molar-refractivity contribution is 0.415.